The number of amides is 1. The summed E-state index contributed by atoms with van der Waals surface area (Å²) in [5.41, 5.74) is 7.50. The van der Waals surface area contributed by atoms with Crippen molar-refractivity contribution in [3.05, 3.63) is 59.9 Å². The summed E-state index contributed by atoms with van der Waals surface area (Å²) in [6.07, 6.45) is 6.50. The van der Waals surface area contributed by atoms with E-state index in [0.717, 1.165) is 29.7 Å². The quantitative estimate of drug-likeness (QED) is 0.625. The lowest BCUT2D eigenvalue weighted by Crippen LogP contribution is -2.53. The number of benzene rings is 1. The van der Waals surface area contributed by atoms with E-state index in [1.54, 1.807) is 36.7 Å². The lowest BCUT2D eigenvalue weighted by Gasteiger charge is -2.40. The molecule has 3 N–H and O–H groups in total. The number of nitrogens with one attached hydrogen (secondary N) is 1. The maximum atomic E-state index is 12.8. The first-order valence-electron chi connectivity index (χ1n) is 10.2. The Hall–Kier alpha value is -2.70. The lowest BCUT2D eigenvalue weighted by molar-refractivity contribution is -0.122. The molecule has 0 saturated heterocycles. The van der Waals surface area contributed by atoms with Gasteiger partial charge in [0.2, 0.25) is 5.91 Å². The first kappa shape index (κ1) is 20.6. The molecular formula is C23H25ClN4O2. The zero-order valence-corrected chi connectivity index (χ0v) is 17.6. The standard InChI is InChI=1S/C23H25ClN4O2/c1-15(22(29)28-17-6-4-16(24)5-7-17)23(25)11-8-18(9-12-23)30-20-10-14-27-21-19(20)3-2-13-26-21/h2-7,10,13-15,18H,8-9,11-12,25H2,1H3,(H,28,29). The molecule has 4 rings (SSSR count). The molecule has 3 aromatic rings. The molecule has 1 fully saturated rings. The molecule has 1 amide bonds. The molecule has 1 atom stereocenters. The summed E-state index contributed by atoms with van der Waals surface area (Å²) in [6.45, 7) is 1.90. The largest absolute Gasteiger partial charge is 0.490 e. The fraction of sp³-hybridized carbons (Fsp3) is 0.348. The van der Waals surface area contributed by atoms with Gasteiger partial charge in [-0.3, -0.25) is 4.79 Å². The van der Waals surface area contributed by atoms with Crippen LogP contribution in [0, 0.1) is 5.92 Å². The third-order valence-electron chi connectivity index (χ3n) is 6.00. The summed E-state index contributed by atoms with van der Waals surface area (Å²) < 4.78 is 6.26. The van der Waals surface area contributed by atoms with E-state index >= 15 is 0 Å². The number of halogens is 1. The minimum Gasteiger partial charge on any atom is -0.490 e. The number of hydrogen-bond donors (Lipinski definition) is 2. The van der Waals surface area contributed by atoms with Crippen molar-refractivity contribution in [3.63, 3.8) is 0 Å². The molecule has 7 heteroatoms. The van der Waals surface area contributed by atoms with Gasteiger partial charge in [0.25, 0.3) is 0 Å². The van der Waals surface area contributed by atoms with Crippen molar-refractivity contribution >= 4 is 34.2 Å². The average Bonchev–Trinajstić information content (AvgIpc) is 2.77. The fourth-order valence-electron chi connectivity index (χ4n) is 3.96. The highest BCUT2D eigenvalue weighted by Crippen LogP contribution is 2.35. The van der Waals surface area contributed by atoms with Crippen molar-refractivity contribution in [3.8, 4) is 5.75 Å². The van der Waals surface area contributed by atoms with Crippen molar-refractivity contribution in [1.82, 2.24) is 9.97 Å². The third kappa shape index (κ3) is 4.40. The van der Waals surface area contributed by atoms with Gasteiger partial charge in [-0.1, -0.05) is 18.5 Å². The second-order valence-electron chi connectivity index (χ2n) is 7.95. The normalized spacial score (nSPS) is 22.4. The Morgan fingerprint density at radius 1 is 1.17 bits per heavy atom. The molecule has 0 spiro atoms. The Kier molecular flexibility index (Phi) is 5.88. The van der Waals surface area contributed by atoms with Crippen LogP contribution in [0.5, 0.6) is 5.75 Å². The summed E-state index contributed by atoms with van der Waals surface area (Å²) in [5.74, 6) is 0.390. The summed E-state index contributed by atoms with van der Waals surface area (Å²) in [6, 6.07) is 12.8. The maximum Gasteiger partial charge on any atom is 0.229 e. The summed E-state index contributed by atoms with van der Waals surface area (Å²) in [4.78, 5) is 21.3. The number of anilines is 1. The Balaban J connectivity index is 1.37. The number of hydrogen-bond acceptors (Lipinski definition) is 5. The molecule has 0 radical (unpaired) electrons. The number of carbonyl (C=O) groups excluding carboxylic acids is 1. The molecule has 1 aliphatic carbocycles. The first-order valence-corrected chi connectivity index (χ1v) is 10.5. The van der Waals surface area contributed by atoms with E-state index in [0.29, 0.717) is 23.5 Å². The van der Waals surface area contributed by atoms with Crippen LogP contribution in [-0.2, 0) is 4.79 Å². The van der Waals surface area contributed by atoms with Gasteiger partial charge in [0.15, 0.2) is 5.65 Å². The zero-order chi connectivity index (χ0) is 21.1. The Morgan fingerprint density at radius 2 is 1.87 bits per heavy atom. The van der Waals surface area contributed by atoms with Gasteiger partial charge in [0.05, 0.1) is 17.4 Å². The van der Waals surface area contributed by atoms with E-state index in [-0.39, 0.29) is 17.9 Å². The minimum atomic E-state index is -0.557. The second kappa shape index (κ2) is 8.58. The van der Waals surface area contributed by atoms with Crippen molar-refractivity contribution in [2.24, 2.45) is 11.7 Å². The number of aromatic nitrogens is 2. The number of rotatable bonds is 5. The van der Waals surface area contributed by atoms with Crippen LogP contribution in [0.25, 0.3) is 11.0 Å². The van der Waals surface area contributed by atoms with Gasteiger partial charge >= 0.3 is 0 Å². The Morgan fingerprint density at radius 3 is 2.60 bits per heavy atom. The topological polar surface area (TPSA) is 90.1 Å². The van der Waals surface area contributed by atoms with E-state index in [1.165, 1.54) is 0 Å². The highest BCUT2D eigenvalue weighted by molar-refractivity contribution is 6.30. The first-order chi connectivity index (χ1) is 14.4. The minimum absolute atomic E-state index is 0.0546. The number of fused-ring (bicyclic) bond motifs is 1. The van der Waals surface area contributed by atoms with Crippen LogP contribution >= 0.6 is 11.6 Å². The van der Waals surface area contributed by atoms with Gasteiger partial charge in [-0.2, -0.15) is 0 Å². The molecule has 156 valence electrons. The summed E-state index contributed by atoms with van der Waals surface area (Å²) in [5, 5.41) is 4.47. The van der Waals surface area contributed by atoms with E-state index in [4.69, 9.17) is 22.1 Å². The van der Waals surface area contributed by atoms with Crippen LogP contribution in [0.2, 0.25) is 5.02 Å². The van der Waals surface area contributed by atoms with Crippen LogP contribution in [-0.4, -0.2) is 27.5 Å². The van der Waals surface area contributed by atoms with Crippen LogP contribution in [0.1, 0.15) is 32.6 Å². The van der Waals surface area contributed by atoms with Crippen molar-refractivity contribution in [1.29, 1.82) is 0 Å². The van der Waals surface area contributed by atoms with Crippen molar-refractivity contribution in [2.45, 2.75) is 44.2 Å². The van der Waals surface area contributed by atoms with Crippen molar-refractivity contribution < 1.29 is 9.53 Å². The van der Waals surface area contributed by atoms with Gasteiger partial charge < -0.3 is 15.8 Å². The Labute approximate surface area is 180 Å². The zero-order valence-electron chi connectivity index (χ0n) is 16.8. The highest BCUT2D eigenvalue weighted by Gasteiger charge is 2.40. The molecule has 1 aliphatic rings. The Bertz CT molecular complexity index is 1030. The number of carbonyl (C=O) groups is 1. The predicted molar refractivity (Wildman–Crippen MR) is 119 cm³/mol. The molecule has 0 aliphatic heterocycles. The monoisotopic (exact) mass is 424 g/mol. The number of ether oxygens (including phenoxy) is 1. The van der Waals surface area contributed by atoms with E-state index in [1.807, 2.05) is 25.1 Å². The molecule has 2 aromatic heterocycles. The number of nitrogens with zero attached hydrogens (tertiary/aromatic N) is 2. The average molecular weight is 425 g/mol. The number of nitrogens with two attached hydrogens (primary N) is 1. The summed E-state index contributed by atoms with van der Waals surface area (Å²) in [7, 11) is 0. The SMILES string of the molecule is CC(C(=O)Nc1ccc(Cl)cc1)C1(N)CCC(Oc2ccnc3ncccc23)CC1. The molecule has 1 unspecified atom stereocenters. The molecule has 1 saturated carbocycles. The fourth-order valence-corrected chi connectivity index (χ4v) is 4.09. The van der Waals surface area contributed by atoms with Gasteiger partial charge in [-0.05, 0) is 68.1 Å². The van der Waals surface area contributed by atoms with E-state index in [2.05, 4.69) is 15.3 Å². The lowest BCUT2D eigenvalue weighted by atomic mass is 9.73. The highest BCUT2D eigenvalue weighted by atomic mass is 35.5. The molecule has 6 nitrogen and oxygen atoms in total. The van der Waals surface area contributed by atoms with Gasteiger partial charge in [0.1, 0.15) is 5.75 Å². The number of pyridine rings is 2. The molecule has 0 bridgehead atoms. The van der Waals surface area contributed by atoms with Crippen LogP contribution in [0.3, 0.4) is 0 Å². The van der Waals surface area contributed by atoms with Crippen LogP contribution < -0.4 is 15.8 Å². The van der Waals surface area contributed by atoms with Gasteiger partial charge in [-0.25, -0.2) is 9.97 Å². The predicted octanol–water partition coefficient (Wildman–Crippen LogP) is 4.58. The molecule has 2 heterocycles. The van der Waals surface area contributed by atoms with Crippen LogP contribution in [0.15, 0.2) is 54.9 Å². The smallest absolute Gasteiger partial charge is 0.229 e. The molecule has 30 heavy (non-hydrogen) atoms. The second-order valence-corrected chi connectivity index (χ2v) is 8.39. The van der Waals surface area contributed by atoms with Gasteiger partial charge in [0, 0.05) is 28.6 Å². The third-order valence-corrected chi connectivity index (χ3v) is 6.25. The molecular weight excluding hydrogens is 400 g/mol. The summed E-state index contributed by atoms with van der Waals surface area (Å²) >= 11 is 5.91. The molecule has 1 aromatic carbocycles. The van der Waals surface area contributed by atoms with Gasteiger partial charge in [-0.15, -0.1) is 0 Å². The van der Waals surface area contributed by atoms with E-state index < -0.39 is 5.54 Å². The maximum absolute atomic E-state index is 12.8. The van der Waals surface area contributed by atoms with Crippen molar-refractivity contribution in [2.75, 3.05) is 5.32 Å². The van der Waals surface area contributed by atoms with E-state index in [9.17, 15) is 4.79 Å². The van der Waals surface area contributed by atoms with Crippen LogP contribution in [0.4, 0.5) is 5.69 Å².